The third-order valence-electron chi connectivity index (χ3n) is 2.44. The van der Waals surface area contributed by atoms with Crippen molar-refractivity contribution in [3.8, 4) is 17.4 Å². The minimum Gasteiger partial charge on any atom is -0.496 e. The van der Waals surface area contributed by atoms with Crippen LogP contribution in [0.5, 0.6) is 17.4 Å². The van der Waals surface area contributed by atoms with Crippen LogP contribution in [0.4, 0.5) is 0 Å². The van der Waals surface area contributed by atoms with E-state index in [9.17, 15) is 0 Å². The zero-order chi connectivity index (χ0) is 14.7. The molecule has 0 bridgehead atoms. The van der Waals surface area contributed by atoms with E-state index in [1.54, 1.807) is 37.6 Å². The highest BCUT2D eigenvalue weighted by Crippen LogP contribution is 2.37. The Morgan fingerprint density at radius 3 is 2.50 bits per heavy atom. The molecule has 7 heteroatoms. The average Bonchev–Trinajstić information content (AvgIpc) is 2.42. The average molecular weight is 418 g/mol. The Morgan fingerprint density at radius 1 is 1.20 bits per heavy atom. The quantitative estimate of drug-likeness (QED) is 0.760. The summed E-state index contributed by atoms with van der Waals surface area (Å²) in [5, 5.41) is 0. The summed E-state index contributed by atoms with van der Waals surface area (Å²) in [5.41, 5.74) is 6.29. The molecule has 1 aromatic carbocycles. The number of nitrogens with two attached hydrogens (primary N) is 1. The van der Waals surface area contributed by atoms with Crippen LogP contribution in [-0.2, 0) is 0 Å². The molecule has 1 heterocycles. The predicted octanol–water partition coefficient (Wildman–Crippen LogP) is 4.04. The third kappa shape index (κ3) is 3.47. The number of methoxy groups -OCH3 is 1. The van der Waals surface area contributed by atoms with Gasteiger partial charge in [-0.05, 0) is 50.1 Å². The monoisotopic (exact) mass is 416 g/mol. The number of ether oxygens (including phenoxy) is 2. The summed E-state index contributed by atoms with van der Waals surface area (Å²) in [6, 6.07) is 7.01. The molecule has 104 valence electrons. The topological polar surface area (TPSA) is 57.4 Å². The number of hydrogen-bond donors (Lipinski definition) is 1. The Balaban J connectivity index is 2.32. The molecular formula is C13H10Br2N2O2S. The molecule has 0 unspecified atom stereocenters. The molecule has 2 N–H and O–H groups in total. The normalized spacial score (nSPS) is 10.2. The zero-order valence-electron chi connectivity index (χ0n) is 10.4. The fraction of sp³-hybridized carbons (Fsp3) is 0.0769. The Bertz CT molecular complexity index is 665. The highest BCUT2D eigenvalue weighted by Gasteiger charge is 2.10. The van der Waals surface area contributed by atoms with E-state index in [-0.39, 0.29) is 0 Å². The Kier molecular flexibility index (Phi) is 4.95. The lowest BCUT2D eigenvalue weighted by Crippen LogP contribution is -2.09. The molecule has 0 radical (unpaired) electrons. The summed E-state index contributed by atoms with van der Waals surface area (Å²) < 4.78 is 12.5. The van der Waals surface area contributed by atoms with Crippen molar-refractivity contribution < 1.29 is 9.47 Å². The maximum atomic E-state index is 5.72. The lowest BCUT2D eigenvalue weighted by Gasteiger charge is -2.10. The van der Waals surface area contributed by atoms with E-state index < -0.39 is 0 Å². The number of nitrogens with zero attached hydrogens (tertiary/aromatic N) is 1. The van der Waals surface area contributed by atoms with E-state index >= 15 is 0 Å². The lowest BCUT2D eigenvalue weighted by atomic mass is 10.2. The highest BCUT2D eigenvalue weighted by atomic mass is 79.9. The summed E-state index contributed by atoms with van der Waals surface area (Å²) in [7, 11) is 1.60. The lowest BCUT2D eigenvalue weighted by molar-refractivity contribution is 0.408. The van der Waals surface area contributed by atoms with Crippen molar-refractivity contribution in [2.24, 2.45) is 5.73 Å². The van der Waals surface area contributed by atoms with Crippen LogP contribution in [-0.4, -0.2) is 17.1 Å². The van der Waals surface area contributed by atoms with Crippen molar-refractivity contribution in [1.29, 1.82) is 0 Å². The van der Waals surface area contributed by atoms with E-state index in [1.165, 1.54) is 0 Å². The van der Waals surface area contributed by atoms with Gasteiger partial charge in [-0.25, -0.2) is 4.98 Å². The van der Waals surface area contributed by atoms with Crippen molar-refractivity contribution in [3.63, 3.8) is 0 Å². The zero-order valence-corrected chi connectivity index (χ0v) is 14.4. The van der Waals surface area contributed by atoms with Crippen molar-refractivity contribution in [2.75, 3.05) is 7.11 Å². The molecular weight excluding hydrogens is 408 g/mol. The van der Waals surface area contributed by atoms with Crippen LogP contribution in [0.15, 0.2) is 39.4 Å². The molecule has 0 aliphatic carbocycles. The van der Waals surface area contributed by atoms with Gasteiger partial charge in [0.2, 0.25) is 5.88 Å². The maximum Gasteiger partial charge on any atom is 0.219 e. The van der Waals surface area contributed by atoms with E-state index in [0.717, 1.165) is 8.95 Å². The summed E-state index contributed by atoms with van der Waals surface area (Å²) >= 11 is 11.8. The standard InChI is InChI=1S/C13H10Br2N2O2S/c1-18-10-5-9(15)11(6-8(10)14)19-12-4-7(13(16)20)2-3-17-12/h2-6H,1H3,(H2,16,20). The van der Waals surface area contributed by atoms with Gasteiger partial charge in [0.15, 0.2) is 0 Å². The number of thiocarbonyl (C=S) groups is 1. The molecule has 0 fully saturated rings. The number of rotatable bonds is 4. The first-order valence-corrected chi connectivity index (χ1v) is 7.47. The predicted molar refractivity (Wildman–Crippen MR) is 88.6 cm³/mol. The fourth-order valence-electron chi connectivity index (χ4n) is 1.48. The van der Waals surface area contributed by atoms with Gasteiger partial charge in [0.1, 0.15) is 16.5 Å². The molecule has 0 saturated heterocycles. The summed E-state index contributed by atoms with van der Waals surface area (Å²) in [6.07, 6.45) is 1.59. The summed E-state index contributed by atoms with van der Waals surface area (Å²) in [5.74, 6) is 1.72. The third-order valence-corrected chi connectivity index (χ3v) is 3.92. The molecule has 0 aliphatic rings. The number of pyridine rings is 1. The molecule has 0 amide bonds. The highest BCUT2D eigenvalue weighted by molar-refractivity contribution is 9.11. The second-order valence-corrected chi connectivity index (χ2v) is 5.91. The number of benzene rings is 1. The van der Waals surface area contributed by atoms with Gasteiger partial charge in [0.25, 0.3) is 0 Å². The van der Waals surface area contributed by atoms with Gasteiger partial charge in [-0.15, -0.1) is 0 Å². The molecule has 1 aromatic heterocycles. The minimum atomic E-state index is 0.298. The molecule has 0 spiro atoms. The SMILES string of the molecule is COc1cc(Br)c(Oc2cc(C(N)=S)ccn2)cc1Br. The first kappa shape index (κ1) is 15.2. The molecule has 0 aliphatic heterocycles. The van der Waals surface area contributed by atoms with Crippen molar-refractivity contribution in [2.45, 2.75) is 0 Å². The molecule has 2 rings (SSSR count). The van der Waals surface area contributed by atoms with Gasteiger partial charge in [0.05, 0.1) is 16.1 Å². The number of hydrogen-bond acceptors (Lipinski definition) is 4. The first-order chi connectivity index (χ1) is 9.51. The summed E-state index contributed by atoms with van der Waals surface area (Å²) in [4.78, 5) is 4.42. The van der Waals surface area contributed by atoms with E-state index in [4.69, 9.17) is 27.4 Å². The Labute approximate surface area is 138 Å². The van der Waals surface area contributed by atoms with Crippen LogP contribution >= 0.6 is 44.1 Å². The van der Waals surface area contributed by atoms with Crippen molar-refractivity contribution in [1.82, 2.24) is 4.98 Å². The smallest absolute Gasteiger partial charge is 0.219 e. The Hall–Kier alpha value is -1.18. The van der Waals surface area contributed by atoms with Gasteiger partial charge in [-0.1, -0.05) is 12.2 Å². The fourth-order valence-corrected chi connectivity index (χ4v) is 2.49. The Morgan fingerprint density at radius 2 is 1.85 bits per heavy atom. The molecule has 2 aromatic rings. The second kappa shape index (κ2) is 6.51. The van der Waals surface area contributed by atoms with Crippen LogP contribution in [0.25, 0.3) is 0 Å². The van der Waals surface area contributed by atoms with Gasteiger partial charge in [-0.3, -0.25) is 0 Å². The van der Waals surface area contributed by atoms with E-state index in [1.807, 2.05) is 0 Å². The van der Waals surface area contributed by atoms with Crippen LogP contribution in [0.2, 0.25) is 0 Å². The molecule has 0 saturated carbocycles. The van der Waals surface area contributed by atoms with Crippen molar-refractivity contribution >= 4 is 49.1 Å². The van der Waals surface area contributed by atoms with Gasteiger partial charge < -0.3 is 15.2 Å². The van der Waals surface area contributed by atoms with E-state index in [2.05, 4.69) is 36.8 Å². The van der Waals surface area contributed by atoms with Gasteiger partial charge in [0, 0.05) is 17.8 Å². The molecule has 0 atom stereocenters. The molecule has 20 heavy (non-hydrogen) atoms. The molecule has 4 nitrogen and oxygen atoms in total. The first-order valence-electron chi connectivity index (χ1n) is 5.48. The van der Waals surface area contributed by atoms with Crippen LogP contribution in [0.1, 0.15) is 5.56 Å². The van der Waals surface area contributed by atoms with Crippen molar-refractivity contribution in [3.05, 3.63) is 45.0 Å². The number of aromatic nitrogens is 1. The van der Waals surface area contributed by atoms with Gasteiger partial charge in [-0.2, -0.15) is 0 Å². The number of halogens is 2. The van der Waals surface area contributed by atoms with Gasteiger partial charge >= 0.3 is 0 Å². The maximum absolute atomic E-state index is 5.72. The largest absolute Gasteiger partial charge is 0.496 e. The van der Waals surface area contributed by atoms with E-state index in [0.29, 0.717) is 27.9 Å². The minimum absolute atomic E-state index is 0.298. The van der Waals surface area contributed by atoms with Crippen LogP contribution < -0.4 is 15.2 Å². The second-order valence-electron chi connectivity index (χ2n) is 3.77. The van der Waals surface area contributed by atoms with Crippen LogP contribution in [0.3, 0.4) is 0 Å². The van der Waals surface area contributed by atoms with Crippen LogP contribution in [0, 0.1) is 0 Å². The summed E-state index contributed by atoms with van der Waals surface area (Å²) in [6.45, 7) is 0.